The highest BCUT2D eigenvalue weighted by Gasteiger charge is 2.36. The van der Waals surface area contributed by atoms with E-state index in [4.69, 9.17) is 9.47 Å². The number of rotatable bonds is 5. The van der Waals surface area contributed by atoms with Crippen molar-refractivity contribution in [1.82, 2.24) is 4.90 Å². The Labute approximate surface area is 233 Å². The molecule has 1 saturated heterocycles. The molecule has 8 nitrogen and oxygen atoms in total. The third-order valence-corrected chi connectivity index (χ3v) is 7.34. The lowest BCUT2D eigenvalue weighted by atomic mass is 9.86. The number of hydrogen-bond donors (Lipinski definition) is 2. The molecule has 202 valence electrons. The molecule has 4 aromatic carbocycles. The Bertz CT molecular complexity index is 1480. The molecule has 0 aliphatic carbocycles. The van der Waals surface area contributed by atoms with Gasteiger partial charge in [-0.3, -0.25) is 4.79 Å². The van der Waals surface area contributed by atoms with Crippen molar-refractivity contribution in [3.8, 4) is 17.2 Å². The molecule has 2 aliphatic heterocycles. The van der Waals surface area contributed by atoms with Crippen LogP contribution < -0.4 is 25.0 Å². The van der Waals surface area contributed by atoms with Crippen molar-refractivity contribution >= 4 is 29.0 Å². The van der Waals surface area contributed by atoms with E-state index in [-0.39, 0.29) is 17.9 Å². The lowest BCUT2D eigenvalue weighted by Crippen LogP contribution is -2.50. The van der Waals surface area contributed by atoms with Gasteiger partial charge >= 0.3 is 6.03 Å². The molecule has 1 fully saturated rings. The van der Waals surface area contributed by atoms with E-state index >= 15 is 0 Å². The van der Waals surface area contributed by atoms with Gasteiger partial charge in [-0.1, -0.05) is 42.5 Å². The molecular formula is C32H30N4O4. The number of benzene rings is 4. The maximum absolute atomic E-state index is 13.8. The van der Waals surface area contributed by atoms with Gasteiger partial charge in [0.05, 0.1) is 13.0 Å². The van der Waals surface area contributed by atoms with Crippen LogP contribution in [0, 0.1) is 0 Å². The fourth-order valence-electron chi connectivity index (χ4n) is 5.29. The minimum absolute atomic E-state index is 0.101. The highest BCUT2D eigenvalue weighted by atomic mass is 16.5. The Morgan fingerprint density at radius 1 is 0.750 bits per heavy atom. The topological polar surface area (TPSA) is 83.1 Å². The van der Waals surface area contributed by atoms with E-state index in [1.807, 2.05) is 89.8 Å². The molecule has 2 N–H and O–H groups in total. The van der Waals surface area contributed by atoms with Crippen LogP contribution in [0.5, 0.6) is 17.2 Å². The molecule has 6 rings (SSSR count). The minimum Gasteiger partial charge on any atom is -0.497 e. The Kier molecular flexibility index (Phi) is 6.97. The summed E-state index contributed by atoms with van der Waals surface area (Å²) in [5, 5.41) is 5.67. The molecule has 4 aromatic rings. The van der Waals surface area contributed by atoms with Gasteiger partial charge in [0.2, 0.25) is 5.91 Å². The molecule has 40 heavy (non-hydrogen) atoms. The van der Waals surface area contributed by atoms with E-state index < -0.39 is 0 Å². The molecule has 0 aromatic heterocycles. The lowest BCUT2D eigenvalue weighted by molar-refractivity contribution is -0.132. The number of methoxy groups -OCH3 is 1. The number of para-hydroxylation sites is 2. The summed E-state index contributed by atoms with van der Waals surface area (Å²) < 4.78 is 11.3. The van der Waals surface area contributed by atoms with Gasteiger partial charge in [0.15, 0.2) is 0 Å². The van der Waals surface area contributed by atoms with Crippen LogP contribution >= 0.6 is 0 Å². The summed E-state index contributed by atoms with van der Waals surface area (Å²) >= 11 is 0. The van der Waals surface area contributed by atoms with Gasteiger partial charge in [0, 0.05) is 60.4 Å². The summed E-state index contributed by atoms with van der Waals surface area (Å²) in [4.78, 5) is 30.5. The second-order valence-corrected chi connectivity index (χ2v) is 9.78. The number of fused-ring (bicyclic) bond motifs is 2. The summed E-state index contributed by atoms with van der Waals surface area (Å²) in [5.74, 6) is 1.88. The Hall–Kier alpha value is -4.98. The molecule has 2 aliphatic rings. The van der Waals surface area contributed by atoms with Gasteiger partial charge in [-0.25, -0.2) is 4.79 Å². The molecule has 8 heteroatoms. The first kappa shape index (κ1) is 25.3. The Morgan fingerprint density at radius 3 is 2.02 bits per heavy atom. The van der Waals surface area contributed by atoms with E-state index in [2.05, 4.69) is 15.5 Å². The zero-order valence-corrected chi connectivity index (χ0v) is 22.2. The largest absolute Gasteiger partial charge is 0.497 e. The molecular weight excluding hydrogens is 504 g/mol. The third-order valence-electron chi connectivity index (χ3n) is 7.34. The zero-order valence-electron chi connectivity index (χ0n) is 22.2. The van der Waals surface area contributed by atoms with Crippen LogP contribution in [0.25, 0.3) is 0 Å². The summed E-state index contributed by atoms with van der Waals surface area (Å²) in [6, 6.07) is 30.2. The standard InChI is InChI=1S/C32H30N4O4/c1-39-25-8-6-7-23(21-25)34-32(38)33-22-13-15-24(16-14-22)35-17-19-36(20-18-35)31(37)30-26-9-2-4-11-28(26)40-29-12-5-3-10-27(29)30/h2-16,21,30H,17-20H2,1H3,(H2,33,34,38). The highest BCUT2D eigenvalue weighted by molar-refractivity contribution is 6.00. The van der Waals surface area contributed by atoms with E-state index in [0.29, 0.717) is 30.2 Å². The van der Waals surface area contributed by atoms with Crippen molar-refractivity contribution in [3.63, 3.8) is 0 Å². The first-order chi connectivity index (χ1) is 19.6. The fourth-order valence-corrected chi connectivity index (χ4v) is 5.29. The third kappa shape index (κ3) is 5.16. The average Bonchev–Trinajstić information content (AvgIpc) is 3.00. The van der Waals surface area contributed by atoms with E-state index in [9.17, 15) is 9.59 Å². The number of anilines is 3. The van der Waals surface area contributed by atoms with Crippen LogP contribution in [-0.2, 0) is 4.79 Å². The lowest BCUT2D eigenvalue weighted by Gasteiger charge is -2.38. The van der Waals surface area contributed by atoms with Crippen molar-refractivity contribution in [2.24, 2.45) is 0 Å². The summed E-state index contributed by atoms with van der Waals surface area (Å²) in [6.07, 6.45) is 0. The normalized spacial score (nSPS) is 14.4. The van der Waals surface area contributed by atoms with Gasteiger partial charge in [0.25, 0.3) is 0 Å². The van der Waals surface area contributed by atoms with E-state index in [1.165, 1.54) is 0 Å². The number of urea groups is 1. The maximum Gasteiger partial charge on any atom is 0.323 e. The average molecular weight is 535 g/mol. The molecule has 2 heterocycles. The predicted octanol–water partition coefficient (Wildman–Crippen LogP) is 5.93. The van der Waals surface area contributed by atoms with Gasteiger partial charge in [-0.05, 0) is 48.5 Å². The van der Waals surface area contributed by atoms with Gasteiger partial charge in [-0.2, -0.15) is 0 Å². The number of carbonyl (C=O) groups excluding carboxylic acids is 2. The van der Waals surface area contributed by atoms with Crippen LogP contribution in [0.15, 0.2) is 97.1 Å². The highest BCUT2D eigenvalue weighted by Crippen LogP contribution is 2.44. The predicted molar refractivity (Wildman–Crippen MR) is 156 cm³/mol. The summed E-state index contributed by atoms with van der Waals surface area (Å²) in [7, 11) is 1.59. The van der Waals surface area contributed by atoms with Crippen molar-refractivity contribution in [2.45, 2.75) is 5.92 Å². The second kappa shape index (κ2) is 11.0. The number of piperazine rings is 1. The Balaban J connectivity index is 1.07. The van der Waals surface area contributed by atoms with Crippen molar-refractivity contribution < 1.29 is 19.1 Å². The fraction of sp³-hybridized carbons (Fsp3) is 0.188. The van der Waals surface area contributed by atoms with Crippen LogP contribution in [0.3, 0.4) is 0 Å². The monoisotopic (exact) mass is 534 g/mol. The second-order valence-electron chi connectivity index (χ2n) is 9.78. The molecule has 0 spiro atoms. The number of amides is 3. The molecule has 0 saturated carbocycles. The van der Waals surface area contributed by atoms with Crippen molar-refractivity contribution in [1.29, 1.82) is 0 Å². The smallest absolute Gasteiger partial charge is 0.323 e. The Morgan fingerprint density at radius 2 is 1.38 bits per heavy atom. The first-order valence-corrected chi connectivity index (χ1v) is 13.3. The van der Waals surface area contributed by atoms with Gasteiger partial charge in [0.1, 0.15) is 17.2 Å². The number of ether oxygens (including phenoxy) is 2. The van der Waals surface area contributed by atoms with Crippen molar-refractivity contribution in [2.75, 3.05) is 48.8 Å². The quantitative estimate of drug-likeness (QED) is 0.332. The molecule has 0 radical (unpaired) electrons. The number of nitrogens with zero attached hydrogens (tertiary/aromatic N) is 2. The van der Waals surface area contributed by atoms with E-state index in [1.54, 1.807) is 19.2 Å². The molecule has 3 amide bonds. The number of nitrogens with one attached hydrogen (secondary N) is 2. The van der Waals surface area contributed by atoms with Crippen LogP contribution in [0.4, 0.5) is 21.9 Å². The SMILES string of the molecule is COc1cccc(NC(=O)Nc2ccc(N3CCN(C(=O)C4c5ccccc5Oc5ccccc54)CC3)cc2)c1. The zero-order chi connectivity index (χ0) is 27.5. The summed E-state index contributed by atoms with van der Waals surface area (Å²) in [5.41, 5.74) is 4.20. The van der Waals surface area contributed by atoms with E-state index in [0.717, 1.165) is 41.4 Å². The molecule has 0 unspecified atom stereocenters. The van der Waals surface area contributed by atoms with Gasteiger partial charge in [-0.15, -0.1) is 0 Å². The molecule has 0 atom stereocenters. The van der Waals surface area contributed by atoms with Gasteiger partial charge < -0.3 is 29.9 Å². The minimum atomic E-state index is -0.374. The summed E-state index contributed by atoms with van der Waals surface area (Å²) in [6.45, 7) is 2.70. The number of hydrogen-bond acceptors (Lipinski definition) is 5. The van der Waals surface area contributed by atoms with Crippen LogP contribution in [-0.4, -0.2) is 50.1 Å². The molecule has 0 bridgehead atoms. The van der Waals surface area contributed by atoms with Crippen LogP contribution in [0.1, 0.15) is 17.0 Å². The maximum atomic E-state index is 13.8. The number of carbonyl (C=O) groups is 2. The van der Waals surface area contributed by atoms with Crippen LogP contribution in [0.2, 0.25) is 0 Å². The first-order valence-electron chi connectivity index (χ1n) is 13.3. The van der Waals surface area contributed by atoms with Crippen molar-refractivity contribution in [3.05, 3.63) is 108 Å².